The van der Waals surface area contributed by atoms with Crippen LogP contribution in [0.3, 0.4) is 0 Å². The number of likely N-dealkylation sites (N-methyl/N-ethyl adjacent to an activating group) is 2. The quantitative estimate of drug-likeness (QED) is 0.691. The topological polar surface area (TPSA) is 61.4 Å². The highest BCUT2D eigenvalue weighted by atomic mass is 35.5. The Kier molecular flexibility index (Phi) is 10.3. The van der Waals surface area contributed by atoms with Crippen molar-refractivity contribution >= 4 is 24.2 Å². The molecule has 16 heavy (non-hydrogen) atoms. The summed E-state index contributed by atoms with van der Waals surface area (Å²) in [7, 11) is 3.45. The van der Waals surface area contributed by atoms with E-state index >= 15 is 0 Å². The largest absolute Gasteiger partial charge is 0.354 e. The van der Waals surface area contributed by atoms with E-state index in [0.29, 0.717) is 19.6 Å². The van der Waals surface area contributed by atoms with Crippen molar-refractivity contribution in [1.29, 1.82) is 0 Å². The molecule has 0 unspecified atom stereocenters. The van der Waals surface area contributed by atoms with Crippen LogP contribution in [0.2, 0.25) is 0 Å². The second-order valence-electron chi connectivity index (χ2n) is 3.79. The molecule has 2 amide bonds. The van der Waals surface area contributed by atoms with Gasteiger partial charge in [-0.1, -0.05) is 13.8 Å². The molecule has 5 nitrogen and oxygen atoms in total. The van der Waals surface area contributed by atoms with Gasteiger partial charge in [-0.05, 0) is 7.05 Å². The summed E-state index contributed by atoms with van der Waals surface area (Å²) in [6, 6.07) is 0. The lowest BCUT2D eigenvalue weighted by molar-refractivity contribution is -0.129. The van der Waals surface area contributed by atoms with Crippen molar-refractivity contribution in [2.24, 2.45) is 5.92 Å². The molecule has 0 aliphatic carbocycles. The van der Waals surface area contributed by atoms with Crippen molar-refractivity contribution in [3.8, 4) is 0 Å². The molecular weight excluding hydrogens is 230 g/mol. The number of nitrogens with one attached hydrogen (secondary N) is 2. The maximum atomic E-state index is 11.3. The summed E-state index contributed by atoms with van der Waals surface area (Å²) >= 11 is 0. The standard InChI is InChI=1S/C10H21N3O2.ClH/c1-8(2)10(15)12-5-6-13(4)9(14)7-11-3;/h8,11H,5-7H2,1-4H3,(H,12,15);1H. The third kappa shape index (κ3) is 7.48. The summed E-state index contributed by atoms with van der Waals surface area (Å²) in [4.78, 5) is 24.1. The molecule has 0 fully saturated rings. The van der Waals surface area contributed by atoms with E-state index in [1.165, 1.54) is 0 Å². The first-order valence-corrected chi connectivity index (χ1v) is 5.15. The van der Waals surface area contributed by atoms with Gasteiger partial charge in [0.25, 0.3) is 0 Å². The predicted octanol–water partition coefficient (Wildman–Crippen LogP) is -0.142. The minimum absolute atomic E-state index is 0. The molecule has 0 aliphatic heterocycles. The summed E-state index contributed by atoms with van der Waals surface area (Å²) in [5, 5.41) is 5.54. The Morgan fingerprint density at radius 2 is 1.88 bits per heavy atom. The highest BCUT2D eigenvalue weighted by molar-refractivity contribution is 5.85. The fourth-order valence-electron chi connectivity index (χ4n) is 0.962. The number of carbonyl (C=O) groups excluding carboxylic acids is 2. The minimum Gasteiger partial charge on any atom is -0.354 e. The lowest BCUT2D eigenvalue weighted by atomic mass is 10.2. The highest BCUT2D eigenvalue weighted by Gasteiger charge is 2.09. The van der Waals surface area contributed by atoms with Crippen molar-refractivity contribution in [2.75, 3.05) is 33.7 Å². The van der Waals surface area contributed by atoms with E-state index in [1.807, 2.05) is 13.8 Å². The molecule has 0 aromatic rings. The molecule has 0 spiro atoms. The van der Waals surface area contributed by atoms with Gasteiger partial charge in [0, 0.05) is 26.1 Å². The molecule has 0 saturated heterocycles. The zero-order chi connectivity index (χ0) is 11.8. The van der Waals surface area contributed by atoms with Gasteiger partial charge in [0.05, 0.1) is 6.54 Å². The molecule has 0 rings (SSSR count). The molecule has 0 aromatic heterocycles. The molecule has 0 heterocycles. The van der Waals surface area contributed by atoms with E-state index in [2.05, 4.69) is 10.6 Å². The number of hydrogen-bond donors (Lipinski definition) is 2. The third-order valence-corrected chi connectivity index (χ3v) is 2.02. The van der Waals surface area contributed by atoms with Crippen LogP contribution < -0.4 is 10.6 Å². The van der Waals surface area contributed by atoms with Crippen LogP contribution in [0.25, 0.3) is 0 Å². The van der Waals surface area contributed by atoms with E-state index in [-0.39, 0.29) is 30.1 Å². The van der Waals surface area contributed by atoms with Gasteiger partial charge in [-0.25, -0.2) is 0 Å². The van der Waals surface area contributed by atoms with Crippen molar-refractivity contribution in [3.05, 3.63) is 0 Å². The maximum Gasteiger partial charge on any atom is 0.236 e. The van der Waals surface area contributed by atoms with Crippen molar-refractivity contribution in [1.82, 2.24) is 15.5 Å². The first-order valence-electron chi connectivity index (χ1n) is 5.15. The summed E-state index contributed by atoms with van der Waals surface area (Å²) < 4.78 is 0. The molecule has 0 radical (unpaired) electrons. The van der Waals surface area contributed by atoms with E-state index in [0.717, 1.165) is 0 Å². The number of amides is 2. The molecule has 6 heteroatoms. The molecule has 0 atom stereocenters. The van der Waals surface area contributed by atoms with Crippen LogP contribution in [0, 0.1) is 5.92 Å². The van der Waals surface area contributed by atoms with Crippen LogP contribution in [-0.2, 0) is 9.59 Å². The van der Waals surface area contributed by atoms with E-state index in [9.17, 15) is 9.59 Å². The van der Waals surface area contributed by atoms with E-state index in [4.69, 9.17) is 0 Å². The molecule has 2 N–H and O–H groups in total. The average molecular weight is 252 g/mol. The lowest BCUT2D eigenvalue weighted by Crippen LogP contribution is -2.40. The fourth-order valence-corrected chi connectivity index (χ4v) is 0.962. The van der Waals surface area contributed by atoms with Gasteiger partial charge in [-0.15, -0.1) is 12.4 Å². The van der Waals surface area contributed by atoms with Crippen molar-refractivity contribution in [3.63, 3.8) is 0 Å². The lowest BCUT2D eigenvalue weighted by Gasteiger charge is -2.17. The fraction of sp³-hybridized carbons (Fsp3) is 0.800. The van der Waals surface area contributed by atoms with Crippen LogP contribution in [-0.4, -0.2) is 50.4 Å². The number of halogens is 1. The van der Waals surface area contributed by atoms with Crippen LogP contribution >= 0.6 is 12.4 Å². The average Bonchev–Trinajstić information content (AvgIpc) is 2.17. The third-order valence-electron chi connectivity index (χ3n) is 2.02. The zero-order valence-electron chi connectivity index (χ0n) is 10.4. The summed E-state index contributed by atoms with van der Waals surface area (Å²) in [5.74, 6) is 0.0316. The second kappa shape index (κ2) is 9.42. The normalized spacial score (nSPS) is 9.56. The Hall–Kier alpha value is -0.810. The molecule has 96 valence electrons. The first kappa shape index (κ1) is 17.6. The summed E-state index contributed by atoms with van der Waals surface area (Å²) in [5.41, 5.74) is 0. The van der Waals surface area contributed by atoms with Crippen LogP contribution in [0.4, 0.5) is 0 Å². The van der Waals surface area contributed by atoms with Gasteiger partial charge in [-0.2, -0.15) is 0 Å². The summed E-state index contributed by atoms with van der Waals surface area (Å²) in [6.45, 7) is 5.05. The zero-order valence-corrected chi connectivity index (χ0v) is 11.2. The van der Waals surface area contributed by atoms with Crippen LogP contribution in [0.5, 0.6) is 0 Å². The number of hydrogen-bond acceptors (Lipinski definition) is 3. The number of nitrogens with zero attached hydrogens (tertiary/aromatic N) is 1. The van der Waals surface area contributed by atoms with Gasteiger partial charge in [-0.3, -0.25) is 9.59 Å². The van der Waals surface area contributed by atoms with Crippen molar-refractivity contribution < 1.29 is 9.59 Å². The second-order valence-corrected chi connectivity index (χ2v) is 3.79. The Morgan fingerprint density at radius 1 is 1.31 bits per heavy atom. The highest BCUT2D eigenvalue weighted by Crippen LogP contribution is 1.90. The molecule has 0 saturated carbocycles. The molecular formula is C10H22ClN3O2. The van der Waals surface area contributed by atoms with Gasteiger partial charge < -0.3 is 15.5 Å². The smallest absolute Gasteiger partial charge is 0.236 e. The van der Waals surface area contributed by atoms with Crippen LogP contribution in [0.15, 0.2) is 0 Å². The maximum absolute atomic E-state index is 11.3. The van der Waals surface area contributed by atoms with E-state index < -0.39 is 0 Å². The minimum atomic E-state index is -0.0108. The Morgan fingerprint density at radius 3 is 2.31 bits per heavy atom. The molecule has 0 aromatic carbocycles. The van der Waals surface area contributed by atoms with Crippen LogP contribution in [0.1, 0.15) is 13.8 Å². The van der Waals surface area contributed by atoms with Gasteiger partial charge >= 0.3 is 0 Å². The first-order chi connectivity index (χ1) is 6.99. The molecule has 0 aliphatic rings. The van der Waals surface area contributed by atoms with Gasteiger partial charge in [0.1, 0.15) is 0 Å². The summed E-state index contributed by atoms with van der Waals surface area (Å²) in [6.07, 6.45) is 0. The van der Waals surface area contributed by atoms with Gasteiger partial charge in [0.2, 0.25) is 11.8 Å². The monoisotopic (exact) mass is 251 g/mol. The van der Waals surface area contributed by atoms with Gasteiger partial charge in [0.15, 0.2) is 0 Å². The molecule has 0 bridgehead atoms. The number of rotatable bonds is 6. The Bertz CT molecular complexity index is 222. The Labute approximate surface area is 103 Å². The predicted molar refractivity (Wildman–Crippen MR) is 66.7 cm³/mol. The Balaban J connectivity index is 0. The SMILES string of the molecule is CNCC(=O)N(C)CCNC(=O)C(C)C.Cl. The van der Waals surface area contributed by atoms with E-state index in [1.54, 1.807) is 19.0 Å². The number of carbonyl (C=O) groups is 2. The van der Waals surface area contributed by atoms with Crippen molar-refractivity contribution in [2.45, 2.75) is 13.8 Å².